The summed E-state index contributed by atoms with van der Waals surface area (Å²) in [5, 5.41) is 7.37. The maximum Gasteiger partial charge on any atom is 0.235 e. The second kappa shape index (κ2) is 6.74. The molecule has 3 aromatic rings. The molecule has 2 aromatic heterocycles. The first-order valence-corrected chi connectivity index (χ1v) is 9.34. The first kappa shape index (κ1) is 17.1. The Bertz CT molecular complexity index is 992. The summed E-state index contributed by atoms with van der Waals surface area (Å²) in [6.45, 7) is 1.88. The largest absolute Gasteiger partial charge is 0.310 e. The molecule has 1 aliphatic rings. The van der Waals surface area contributed by atoms with Gasteiger partial charge in [-0.2, -0.15) is 9.78 Å². The van der Waals surface area contributed by atoms with E-state index in [-0.39, 0.29) is 21.9 Å². The molecule has 0 radical (unpaired) electrons. The quantitative estimate of drug-likeness (QED) is 0.716. The highest BCUT2D eigenvalue weighted by molar-refractivity contribution is 8.00. The Balaban J connectivity index is 1.89. The average molecular weight is 389 g/mol. The Kier molecular flexibility index (Phi) is 4.42. The lowest BCUT2D eigenvalue weighted by Gasteiger charge is -2.15. The zero-order valence-corrected chi connectivity index (χ0v) is 15.3. The van der Waals surface area contributed by atoms with Gasteiger partial charge in [0.05, 0.1) is 21.7 Å². The molecule has 0 bridgehead atoms. The van der Waals surface area contributed by atoms with E-state index in [1.54, 1.807) is 23.0 Å². The van der Waals surface area contributed by atoms with Crippen LogP contribution in [0.15, 0.2) is 42.6 Å². The van der Waals surface area contributed by atoms with E-state index >= 15 is 0 Å². The molecule has 0 aliphatic carbocycles. The summed E-state index contributed by atoms with van der Waals surface area (Å²) in [7, 11) is 0. The number of amides is 1. The fraction of sp³-hybridized carbons (Fsp3) is 0.167. The van der Waals surface area contributed by atoms with Gasteiger partial charge < -0.3 is 5.32 Å². The van der Waals surface area contributed by atoms with Crippen LogP contribution < -0.4 is 5.32 Å². The number of aromatic nitrogens is 3. The van der Waals surface area contributed by atoms with Gasteiger partial charge in [0.15, 0.2) is 5.82 Å². The monoisotopic (exact) mass is 388 g/mol. The van der Waals surface area contributed by atoms with Crippen LogP contribution in [-0.4, -0.2) is 26.4 Å². The van der Waals surface area contributed by atoms with Crippen molar-refractivity contribution in [1.82, 2.24) is 14.8 Å². The Hall–Kier alpha value is -2.38. The molecule has 0 fully saturated rings. The van der Waals surface area contributed by atoms with E-state index in [9.17, 15) is 9.18 Å². The number of hydrogen-bond donors (Lipinski definition) is 1. The minimum Gasteiger partial charge on any atom is -0.310 e. The zero-order chi connectivity index (χ0) is 18.3. The molecule has 8 heteroatoms. The highest BCUT2D eigenvalue weighted by atomic mass is 35.5. The summed E-state index contributed by atoms with van der Waals surface area (Å²) in [6.07, 6.45) is 1.67. The van der Waals surface area contributed by atoms with Crippen molar-refractivity contribution >= 4 is 35.1 Å². The molecule has 0 saturated carbocycles. The van der Waals surface area contributed by atoms with Gasteiger partial charge in [-0.15, -0.1) is 11.8 Å². The lowest BCUT2D eigenvalue weighted by Crippen LogP contribution is -2.16. The molecular weight excluding hydrogens is 375 g/mol. The normalized spacial score (nSPS) is 16.7. The number of nitrogens with zero attached hydrogens (tertiary/aromatic N) is 3. The van der Waals surface area contributed by atoms with Gasteiger partial charge in [-0.25, -0.2) is 9.37 Å². The van der Waals surface area contributed by atoms with Crippen LogP contribution in [0.5, 0.6) is 0 Å². The van der Waals surface area contributed by atoms with Crippen molar-refractivity contribution < 1.29 is 9.18 Å². The van der Waals surface area contributed by atoms with Crippen LogP contribution in [0.25, 0.3) is 5.82 Å². The Morgan fingerprint density at radius 3 is 2.92 bits per heavy atom. The van der Waals surface area contributed by atoms with Crippen LogP contribution in [0, 0.1) is 12.7 Å². The molecule has 132 valence electrons. The Morgan fingerprint density at radius 2 is 2.19 bits per heavy atom. The zero-order valence-electron chi connectivity index (χ0n) is 13.7. The first-order valence-electron chi connectivity index (χ1n) is 7.92. The summed E-state index contributed by atoms with van der Waals surface area (Å²) in [6, 6.07) is 10.1. The van der Waals surface area contributed by atoms with Crippen LogP contribution in [0.1, 0.15) is 22.1 Å². The maximum atomic E-state index is 13.6. The third kappa shape index (κ3) is 2.97. The number of hydrogen-bond acceptors (Lipinski definition) is 4. The average Bonchev–Trinajstić information content (AvgIpc) is 2.84. The number of carbonyl (C=O) groups is 1. The number of pyridine rings is 1. The number of carbonyl (C=O) groups excluding carboxylic acids is 1. The number of nitrogens with one attached hydrogen (secondary N) is 1. The van der Waals surface area contributed by atoms with Gasteiger partial charge in [-0.1, -0.05) is 23.7 Å². The summed E-state index contributed by atoms with van der Waals surface area (Å²) >= 11 is 7.43. The molecule has 4 rings (SSSR count). The summed E-state index contributed by atoms with van der Waals surface area (Å²) in [5.41, 5.74) is 2.46. The predicted molar refractivity (Wildman–Crippen MR) is 100 cm³/mol. The smallest absolute Gasteiger partial charge is 0.235 e. The van der Waals surface area contributed by atoms with E-state index in [2.05, 4.69) is 15.4 Å². The van der Waals surface area contributed by atoms with E-state index in [0.717, 1.165) is 16.8 Å². The van der Waals surface area contributed by atoms with Crippen molar-refractivity contribution in [2.45, 2.75) is 12.2 Å². The topological polar surface area (TPSA) is 59.8 Å². The standard InChI is InChI=1S/C18H14ClFN4OS/c1-10-16-17(11-5-6-13(20)12(19)8-11)26-9-15(25)22-18(16)24(23-10)14-4-2-3-7-21-14/h2-8,17H,9H2,1H3,(H,22,25)/t17-/m0/s1. The number of thioether (sulfide) groups is 1. The molecular formula is C18H14ClFN4OS. The van der Waals surface area contributed by atoms with Gasteiger partial charge in [0, 0.05) is 11.8 Å². The van der Waals surface area contributed by atoms with E-state index < -0.39 is 5.82 Å². The van der Waals surface area contributed by atoms with Crippen molar-refractivity contribution in [1.29, 1.82) is 0 Å². The number of anilines is 1. The first-order chi connectivity index (χ1) is 12.5. The van der Waals surface area contributed by atoms with Crippen molar-refractivity contribution in [3.05, 3.63) is 70.3 Å². The van der Waals surface area contributed by atoms with Crippen molar-refractivity contribution in [2.24, 2.45) is 0 Å². The SMILES string of the molecule is Cc1nn(-c2ccccn2)c2c1[C@H](c1ccc(F)c(Cl)c1)SCC(=O)N2. The maximum absolute atomic E-state index is 13.6. The number of benzene rings is 1. The van der Waals surface area contributed by atoms with Crippen LogP contribution in [0.4, 0.5) is 10.2 Å². The minimum atomic E-state index is -0.468. The third-order valence-corrected chi connectivity index (χ3v) is 5.68. The molecule has 1 atom stereocenters. The number of fused-ring (bicyclic) bond motifs is 1. The Labute approximate surface area is 158 Å². The van der Waals surface area contributed by atoms with Crippen LogP contribution >= 0.6 is 23.4 Å². The van der Waals surface area contributed by atoms with Crippen LogP contribution in [0.3, 0.4) is 0 Å². The van der Waals surface area contributed by atoms with Gasteiger partial charge in [0.2, 0.25) is 5.91 Å². The van der Waals surface area contributed by atoms with Gasteiger partial charge in [0.1, 0.15) is 11.6 Å². The molecule has 0 saturated heterocycles. The predicted octanol–water partition coefficient (Wildman–Crippen LogP) is 4.14. The van der Waals surface area contributed by atoms with Crippen molar-refractivity contribution in [3.8, 4) is 5.82 Å². The second-order valence-corrected chi connectivity index (χ2v) is 7.36. The van der Waals surface area contributed by atoms with E-state index in [4.69, 9.17) is 11.6 Å². The number of halogens is 2. The van der Waals surface area contributed by atoms with Crippen molar-refractivity contribution in [2.75, 3.05) is 11.1 Å². The van der Waals surface area contributed by atoms with Gasteiger partial charge in [-0.3, -0.25) is 4.79 Å². The minimum absolute atomic E-state index is 0.0583. The van der Waals surface area contributed by atoms with Crippen molar-refractivity contribution in [3.63, 3.8) is 0 Å². The lowest BCUT2D eigenvalue weighted by molar-refractivity contribution is -0.113. The fourth-order valence-corrected chi connectivity index (χ4v) is 4.33. The lowest BCUT2D eigenvalue weighted by atomic mass is 10.0. The van der Waals surface area contributed by atoms with Gasteiger partial charge >= 0.3 is 0 Å². The summed E-state index contributed by atoms with van der Waals surface area (Å²) in [4.78, 5) is 16.6. The number of aryl methyl sites for hydroxylation is 1. The van der Waals surface area contributed by atoms with E-state index in [1.165, 1.54) is 17.8 Å². The second-order valence-electron chi connectivity index (χ2n) is 5.86. The molecule has 1 aliphatic heterocycles. The van der Waals surface area contributed by atoms with Crippen LogP contribution in [0.2, 0.25) is 5.02 Å². The van der Waals surface area contributed by atoms with E-state index in [0.29, 0.717) is 11.6 Å². The molecule has 1 amide bonds. The van der Waals surface area contributed by atoms with Gasteiger partial charge in [-0.05, 0) is 36.8 Å². The molecule has 3 heterocycles. The molecule has 0 spiro atoms. The van der Waals surface area contributed by atoms with Crippen LogP contribution in [-0.2, 0) is 4.79 Å². The van der Waals surface area contributed by atoms with E-state index in [1.807, 2.05) is 25.1 Å². The molecule has 1 N–H and O–H groups in total. The number of rotatable bonds is 2. The Morgan fingerprint density at radius 1 is 1.35 bits per heavy atom. The highest BCUT2D eigenvalue weighted by Crippen LogP contribution is 2.44. The summed E-state index contributed by atoms with van der Waals surface area (Å²) < 4.78 is 15.2. The highest BCUT2D eigenvalue weighted by Gasteiger charge is 2.31. The fourth-order valence-electron chi connectivity index (χ4n) is 2.97. The third-order valence-electron chi connectivity index (χ3n) is 4.12. The molecule has 1 aromatic carbocycles. The molecule has 0 unspecified atom stereocenters. The van der Waals surface area contributed by atoms with Gasteiger partial charge in [0.25, 0.3) is 0 Å². The summed E-state index contributed by atoms with van der Waals surface area (Å²) in [5.74, 6) is 0.880. The molecule has 26 heavy (non-hydrogen) atoms. The molecule has 5 nitrogen and oxygen atoms in total.